The molecule has 7 heteroatoms. The minimum Gasteiger partial charge on any atom is -0.466 e. The predicted molar refractivity (Wildman–Crippen MR) is 50.8 cm³/mol. The number of hydrogen-bond donors (Lipinski definition) is 1. The zero-order valence-corrected chi connectivity index (χ0v) is 9.25. The summed E-state index contributed by atoms with van der Waals surface area (Å²) in [6.07, 6.45) is -5.75. The predicted octanol–water partition coefficient (Wildman–Crippen LogP) is 0.795. The van der Waals surface area contributed by atoms with E-state index in [0.717, 1.165) is 4.90 Å². The number of ether oxygens (including phenoxy) is 1. The third kappa shape index (κ3) is 8.49. The summed E-state index contributed by atoms with van der Waals surface area (Å²) in [5.74, 6) is -0.615. The Bertz CT molecular complexity index is 221. The molecule has 0 radical (unpaired) electrons. The number of aliphatic hydroxyl groups excluding tert-OH is 1. The van der Waals surface area contributed by atoms with E-state index < -0.39 is 24.8 Å². The second kappa shape index (κ2) is 6.70. The summed E-state index contributed by atoms with van der Waals surface area (Å²) in [5, 5.41) is 9.30. The minimum atomic E-state index is -4.31. The van der Waals surface area contributed by atoms with Gasteiger partial charge in [-0.2, -0.15) is 13.2 Å². The van der Waals surface area contributed by atoms with Gasteiger partial charge in [-0.05, 0) is 14.0 Å². The van der Waals surface area contributed by atoms with Gasteiger partial charge in [0.1, 0.15) is 0 Å². The first kappa shape index (κ1) is 15.2. The van der Waals surface area contributed by atoms with Crippen molar-refractivity contribution in [3.63, 3.8) is 0 Å². The third-order valence-electron chi connectivity index (χ3n) is 1.68. The molecule has 0 aromatic rings. The van der Waals surface area contributed by atoms with Crippen molar-refractivity contribution in [2.75, 3.05) is 26.7 Å². The topological polar surface area (TPSA) is 49.8 Å². The van der Waals surface area contributed by atoms with Gasteiger partial charge in [0.25, 0.3) is 0 Å². The van der Waals surface area contributed by atoms with Crippen LogP contribution in [0.2, 0.25) is 0 Å². The molecule has 0 rings (SSSR count). The summed E-state index contributed by atoms with van der Waals surface area (Å²) in [5.41, 5.74) is 0. The molecule has 0 aliphatic heterocycles. The van der Waals surface area contributed by atoms with E-state index in [4.69, 9.17) is 0 Å². The van der Waals surface area contributed by atoms with Crippen LogP contribution in [0.3, 0.4) is 0 Å². The Kier molecular flexibility index (Phi) is 6.35. The normalized spacial score (nSPS) is 13.9. The van der Waals surface area contributed by atoms with Crippen LogP contribution in [0.4, 0.5) is 13.2 Å². The van der Waals surface area contributed by atoms with Crippen LogP contribution in [0.15, 0.2) is 0 Å². The van der Waals surface area contributed by atoms with Crippen LogP contribution in [0.5, 0.6) is 0 Å². The Labute approximate surface area is 92.0 Å². The lowest BCUT2D eigenvalue weighted by atomic mass is 10.2. The minimum absolute atomic E-state index is 0.184. The fourth-order valence-corrected chi connectivity index (χ4v) is 1.21. The maximum absolute atomic E-state index is 11.9. The number of carbonyl (C=O) groups is 1. The van der Waals surface area contributed by atoms with Crippen molar-refractivity contribution < 1.29 is 27.8 Å². The molecule has 0 saturated carbocycles. The van der Waals surface area contributed by atoms with Gasteiger partial charge in [0.2, 0.25) is 0 Å². The van der Waals surface area contributed by atoms with Gasteiger partial charge in [-0.15, -0.1) is 0 Å². The highest BCUT2D eigenvalue weighted by atomic mass is 19.4. The number of aliphatic hydroxyl groups is 1. The molecular weight excluding hydrogens is 227 g/mol. The van der Waals surface area contributed by atoms with E-state index in [1.807, 2.05) is 0 Å². The lowest BCUT2D eigenvalue weighted by molar-refractivity contribution is -0.149. The van der Waals surface area contributed by atoms with E-state index in [9.17, 15) is 23.1 Å². The quantitative estimate of drug-likeness (QED) is 0.701. The van der Waals surface area contributed by atoms with Gasteiger partial charge in [-0.25, -0.2) is 0 Å². The molecule has 0 aliphatic rings. The molecule has 0 amide bonds. The van der Waals surface area contributed by atoms with E-state index in [1.54, 1.807) is 6.92 Å². The van der Waals surface area contributed by atoms with Crippen molar-refractivity contribution in [3.8, 4) is 0 Å². The summed E-state index contributed by atoms with van der Waals surface area (Å²) >= 11 is 0. The average Bonchev–Trinajstić information content (AvgIpc) is 1.98. The molecule has 0 bridgehead atoms. The van der Waals surface area contributed by atoms with E-state index in [2.05, 4.69) is 4.74 Å². The smallest absolute Gasteiger partial charge is 0.401 e. The molecule has 0 aliphatic carbocycles. The molecular formula is C9H16F3NO3. The van der Waals surface area contributed by atoms with E-state index in [1.165, 1.54) is 7.05 Å². The second-order valence-electron chi connectivity index (χ2n) is 3.47. The van der Waals surface area contributed by atoms with Crippen LogP contribution in [0, 0.1) is 0 Å². The van der Waals surface area contributed by atoms with Crippen LogP contribution in [-0.4, -0.2) is 55.0 Å². The number of rotatable bonds is 6. The summed E-state index contributed by atoms with van der Waals surface area (Å²) in [7, 11) is 1.22. The number of esters is 1. The van der Waals surface area contributed by atoms with Crippen LogP contribution < -0.4 is 0 Å². The number of likely N-dealkylation sites (N-methyl/N-ethyl adjacent to an activating group) is 1. The molecule has 16 heavy (non-hydrogen) atoms. The Hall–Kier alpha value is -0.820. The third-order valence-corrected chi connectivity index (χ3v) is 1.68. The SMILES string of the molecule is CCOC(=O)CC(O)CN(C)CC(F)(F)F. The molecule has 96 valence electrons. The molecule has 0 spiro atoms. The Morgan fingerprint density at radius 1 is 1.50 bits per heavy atom. The average molecular weight is 243 g/mol. The zero-order chi connectivity index (χ0) is 12.8. The van der Waals surface area contributed by atoms with Crippen molar-refractivity contribution in [1.82, 2.24) is 4.90 Å². The van der Waals surface area contributed by atoms with Crippen LogP contribution >= 0.6 is 0 Å². The van der Waals surface area contributed by atoms with Crippen LogP contribution in [-0.2, 0) is 9.53 Å². The van der Waals surface area contributed by atoms with E-state index >= 15 is 0 Å². The number of hydrogen-bond acceptors (Lipinski definition) is 4. The zero-order valence-electron chi connectivity index (χ0n) is 9.25. The van der Waals surface area contributed by atoms with Gasteiger partial charge in [0, 0.05) is 6.54 Å². The summed E-state index contributed by atoms with van der Waals surface area (Å²) in [6.45, 7) is 0.454. The van der Waals surface area contributed by atoms with Crippen molar-refractivity contribution in [2.45, 2.75) is 25.6 Å². The van der Waals surface area contributed by atoms with Crippen molar-refractivity contribution in [2.24, 2.45) is 0 Å². The first-order valence-corrected chi connectivity index (χ1v) is 4.83. The van der Waals surface area contributed by atoms with Crippen molar-refractivity contribution >= 4 is 5.97 Å². The molecule has 0 saturated heterocycles. The van der Waals surface area contributed by atoms with Crippen LogP contribution in [0.1, 0.15) is 13.3 Å². The maximum atomic E-state index is 11.9. The number of nitrogens with zero attached hydrogens (tertiary/aromatic N) is 1. The Morgan fingerprint density at radius 2 is 2.06 bits per heavy atom. The molecule has 1 unspecified atom stereocenters. The number of alkyl halides is 3. The molecule has 0 heterocycles. The first-order chi connectivity index (χ1) is 7.24. The molecule has 0 aromatic heterocycles. The number of carbonyl (C=O) groups excluding carboxylic acids is 1. The fourth-order valence-electron chi connectivity index (χ4n) is 1.21. The Balaban J connectivity index is 3.86. The number of halogens is 3. The molecule has 4 nitrogen and oxygen atoms in total. The van der Waals surface area contributed by atoms with Crippen LogP contribution in [0.25, 0.3) is 0 Å². The highest BCUT2D eigenvalue weighted by molar-refractivity contribution is 5.69. The first-order valence-electron chi connectivity index (χ1n) is 4.83. The van der Waals surface area contributed by atoms with Crippen molar-refractivity contribution in [3.05, 3.63) is 0 Å². The van der Waals surface area contributed by atoms with Gasteiger partial charge < -0.3 is 9.84 Å². The lowest BCUT2D eigenvalue weighted by Crippen LogP contribution is -2.37. The maximum Gasteiger partial charge on any atom is 0.401 e. The summed E-state index contributed by atoms with van der Waals surface area (Å²) < 4.78 is 40.3. The monoisotopic (exact) mass is 243 g/mol. The van der Waals surface area contributed by atoms with Gasteiger partial charge >= 0.3 is 12.1 Å². The fraction of sp³-hybridized carbons (Fsp3) is 0.889. The van der Waals surface area contributed by atoms with Gasteiger partial charge in [-0.3, -0.25) is 9.69 Å². The van der Waals surface area contributed by atoms with Gasteiger partial charge in [0.05, 0.1) is 25.7 Å². The Morgan fingerprint density at radius 3 is 2.50 bits per heavy atom. The largest absolute Gasteiger partial charge is 0.466 e. The summed E-state index contributed by atoms with van der Waals surface area (Å²) in [4.78, 5) is 11.8. The highest BCUT2D eigenvalue weighted by Gasteiger charge is 2.30. The summed E-state index contributed by atoms with van der Waals surface area (Å²) in [6, 6.07) is 0. The molecule has 0 fully saturated rings. The van der Waals surface area contributed by atoms with E-state index in [0.29, 0.717) is 0 Å². The standard InChI is InChI=1S/C9H16F3NO3/c1-3-16-8(15)4-7(14)5-13(2)6-9(10,11)12/h7,14H,3-6H2,1-2H3. The van der Waals surface area contributed by atoms with Gasteiger partial charge in [0.15, 0.2) is 0 Å². The lowest BCUT2D eigenvalue weighted by Gasteiger charge is -2.21. The second-order valence-corrected chi connectivity index (χ2v) is 3.47. The van der Waals surface area contributed by atoms with Gasteiger partial charge in [-0.1, -0.05) is 0 Å². The molecule has 1 atom stereocenters. The van der Waals surface area contributed by atoms with E-state index in [-0.39, 0.29) is 19.6 Å². The molecule has 1 N–H and O–H groups in total. The van der Waals surface area contributed by atoms with Crippen molar-refractivity contribution in [1.29, 1.82) is 0 Å². The molecule has 0 aromatic carbocycles. The highest BCUT2D eigenvalue weighted by Crippen LogP contribution is 2.15.